The Kier molecular flexibility index (Phi) is 5.34. The molecule has 1 aromatic heterocycles. The Bertz CT molecular complexity index is 413. The summed E-state index contributed by atoms with van der Waals surface area (Å²) in [5.41, 5.74) is 0. The van der Waals surface area contributed by atoms with E-state index in [0.717, 1.165) is 55.2 Å². The second kappa shape index (κ2) is 7.01. The Morgan fingerprint density at radius 3 is 3.00 bits per heavy atom. The quantitative estimate of drug-likeness (QED) is 0.870. The summed E-state index contributed by atoms with van der Waals surface area (Å²) < 4.78 is 0. The minimum Gasteiger partial charge on any atom is -0.334 e. The molecule has 1 unspecified atom stereocenters. The van der Waals surface area contributed by atoms with E-state index in [1.54, 1.807) is 17.5 Å². The summed E-state index contributed by atoms with van der Waals surface area (Å²) in [5, 5.41) is 4.41. The van der Waals surface area contributed by atoms with Crippen molar-refractivity contribution in [1.82, 2.24) is 15.2 Å². The van der Waals surface area contributed by atoms with Gasteiger partial charge in [-0.3, -0.25) is 4.79 Å². The third-order valence-electron chi connectivity index (χ3n) is 3.43. The van der Waals surface area contributed by atoms with Crippen LogP contribution in [-0.2, 0) is 6.42 Å². The number of carbonyl (C=O) groups excluding carboxylic acids is 1. The molecule has 1 fully saturated rings. The van der Waals surface area contributed by atoms with Gasteiger partial charge in [0.25, 0.3) is 5.91 Å². The van der Waals surface area contributed by atoms with E-state index in [1.807, 2.05) is 4.90 Å². The van der Waals surface area contributed by atoms with Crippen LogP contribution in [0.4, 0.5) is 0 Å². The zero-order valence-electron chi connectivity index (χ0n) is 11.8. The molecule has 2 rings (SSSR count). The van der Waals surface area contributed by atoms with Gasteiger partial charge < -0.3 is 10.2 Å². The molecule has 5 heteroatoms. The molecule has 4 nitrogen and oxygen atoms in total. The van der Waals surface area contributed by atoms with E-state index < -0.39 is 0 Å². The van der Waals surface area contributed by atoms with Crippen LogP contribution in [0.3, 0.4) is 0 Å². The van der Waals surface area contributed by atoms with Crippen LogP contribution in [-0.4, -0.2) is 41.5 Å². The van der Waals surface area contributed by atoms with Gasteiger partial charge in [0.15, 0.2) is 0 Å². The SMILES string of the molecule is CCCc1ncc(C(=O)N(CCC)C2CCNC2)s1. The molecule has 2 heterocycles. The van der Waals surface area contributed by atoms with Crippen LogP contribution in [0.25, 0.3) is 0 Å². The molecule has 0 radical (unpaired) electrons. The van der Waals surface area contributed by atoms with Crippen molar-refractivity contribution in [3.05, 3.63) is 16.1 Å². The van der Waals surface area contributed by atoms with Crippen molar-refractivity contribution in [1.29, 1.82) is 0 Å². The zero-order valence-corrected chi connectivity index (χ0v) is 12.6. The van der Waals surface area contributed by atoms with Crippen LogP contribution in [0, 0.1) is 0 Å². The highest BCUT2D eigenvalue weighted by Gasteiger charge is 2.27. The van der Waals surface area contributed by atoms with Crippen LogP contribution in [0.15, 0.2) is 6.20 Å². The summed E-state index contributed by atoms with van der Waals surface area (Å²) in [6.45, 7) is 7.04. The smallest absolute Gasteiger partial charge is 0.265 e. The van der Waals surface area contributed by atoms with Crippen LogP contribution in [0.1, 0.15) is 47.8 Å². The van der Waals surface area contributed by atoms with Crippen molar-refractivity contribution >= 4 is 17.2 Å². The maximum atomic E-state index is 12.6. The minimum atomic E-state index is 0.162. The second-order valence-electron chi connectivity index (χ2n) is 5.01. The van der Waals surface area contributed by atoms with Crippen molar-refractivity contribution in [2.45, 2.75) is 45.6 Å². The molecule has 1 aromatic rings. The summed E-state index contributed by atoms with van der Waals surface area (Å²) in [6.07, 6.45) is 5.86. The fraction of sp³-hybridized carbons (Fsp3) is 0.714. The van der Waals surface area contributed by atoms with Crippen molar-refractivity contribution in [2.24, 2.45) is 0 Å². The third-order valence-corrected chi connectivity index (χ3v) is 4.47. The lowest BCUT2D eigenvalue weighted by Gasteiger charge is -2.27. The first kappa shape index (κ1) is 14.5. The molecule has 1 saturated heterocycles. The Morgan fingerprint density at radius 2 is 2.37 bits per heavy atom. The molecule has 0 bridgehead atoms. The highest BCUT2D eigenvalue weighted by molar-refractivity contribution is 7.13. The molecule has 1 amide bonds. The van der Waals surface area contributed by atoms with E-state index in [2.05, 4.69) is 24.1 Å². The first-order chi connectivity index (χ1) is 9.26. The van der Waals surface area contributed by atoms with E-state index >= 15 is 0 Å². The van der Waals surface area contributed by atoms with Gasteiger partial charge in [0, 0.05) is 19.1 Å². The lowest BCUT2D eigenvalue weighted by molar-refractivity contribution is 0.0697. The van der Waals surface area contributed by atoms with E-state index in [0.29, 0.717) is 6.04 Å². The molecule has 0 spiro atoms. The normalized spacial score (nSPS) is 18.7. The molecule has 0 aliphatic carbocycles. The lowest BCUT2D eigenvalue weighted by atomic mass is 10.2. The van der Waals surface area contributed by atoms with Crippen LogP contribution < -0.4 is 5.32 Å². The number of hydrogen-bond donors (Lipinski definition) is 1. The van der Waals surface area contributed by atoms with E-state index in [1.165, 1.54) is 0 Å². The van der Waals surface area contributed by atoms with Crippen molar-refractivity contribution in [3.8, 4) is 0 Å². The van der Waals surface area contributed by atoms with Gasteiger partial charge in [-0.15, -0.1) is 11.3 Å². The summed E-state index contributed by atoms with van der Waals surface area (Å²) in [7, 11) is 0. The minimum absolute atomic E-state index is 0.162. The van der Waals surface area contributed by atoms with Crippen LogP contribution >= 0.6 is 11.3 Å². The van der Waals surface area contributed by atoms with Gasteiger partial charge in [-0.1, -0.05) is 13.8 Å². The average Bonchev–Trinajstić information content (AvgIpc) is 3.06. The molecule has 1 N–H and O–H groups in total. The number of thiazole rings is 1. The number of hydrogen-bond acceptors (Lipinski definition) is 4. The number of amides is 1. The molecule has 19 heavy (non-hydrogen) atoms. The van der Waals surface area contributed by atoms with Crippen LogP contribution in [0.5, 0.6) is 0 Å². The largest absolute Gasteiger partial charge is 0.334 e. The Labute approximate surface area is 119 Å². The van der Waals surface area contributed by atoms with Gasteiger partial charge in [0.2, 0.25) is 0 Å². The lowest BCUT2D eigenvalue weighted by Crippen LogP contribution is -2.41. The van der Waals surface area contributed by atoms with Crippen molar-refractivity contribution in [2.75, 3.05) is 19.6 Å². The standard InChI is InChI=1S/C14H23N3OS/c1-3-5-13-16-10-12(19-13)14(18)17(8-4-2)11-6-7-15-9-11/h10-11,15H,3-9H2,1-2H3. The number of nitrogens with zero attached hydrogens (tertiary/aromatic N) is 2. The number of nitrogens with one attached hydrogen (secondary N) is 1. The first-order valence-corrected chi connectivity index (χ1v) is 8.04. The Morgan fingerprint density at radius 1 is 1.53 bits per heavy atom. The second-order valence-corrected chi connectivity index (χ2v) is 6.13. The van der Waals surface area contributed by atoms with Gasteiger partial charge in [-0.25, -0.2) is 4.98 Å². The first-order valence-electron chi connectivity index (χ1n) is 7.22. The molecular formula is C14H23N3OS. The fourth-order valence-electron chi connectivity index (χ4n) is 2.48. The van der Waals surface area contributed by atoms with Gasteiger partial charge in [0.1, 0.15) is 4.88 Å². The molecule has 0 saturated carbocycles. The van der Waals surface area contributed by atoms with Gasteiger partial charge in [-0.2, -0.15) is 0 Å². The fourth-order valence-corrected chi connectivity index (χ4v) is 3.45. The average molecular weight is 281 g/mol. The Balaban J connectivity index is 2.08. The number of carbonyl (C=O) groups is 1. The van der Waals surface area contributed by atoms with E-state index in [-0.39, 0.29) is 5.91 Å². The predicted molar refractivity (Wildman–Crippen MR) is 78.7 cm³/mol. The van der Waals surface area contributed by atoms with Crippen molar-refractivity contribution in [3.63, 3.8) is 0 Å². The summed E-state index contributed by atoms with van der Waals surface area (Å²) in [6, 6.07) is 0.351. The molecule has 1 atom stereocenters. The maximum absolute atomic E-state index is 12.6. The number of rotatable bonds is 6. The summed E-state index contributed by atoms with van der Waals surface area (Å²) in [4.78, 5) is 19.8. The molecule has 1 aliphatic heterocycles. The van der Waals surface area contributed by atoms with Gasteiger partial charge >= 0.3 is 0 Å². The van der Waals surface area contributed by atoms with Gasteiger partial charge in [-0.05, 0) is 32.2 Å². The number of aromatic nitrogens is 1. The van der Waals surface area contributed by atoms with E-state index in [4.69, 9.17) is 0 Å². The highest BCUT2D eigenvalue weighted by Crippen LogP contribution is 2.20. The Hall–Kier alpha value is -0.940. The summed E-state index contributed by atoms with van der Waals surface area (Å²) >= 11 is 1.56. The predicted octanol–water partition coefficient (Wildman–Crippen LogP) is 2.31. The summed E-state index contributed by atoms with van der Waals surface area (Å²) in [5.74, 6) is 0.162. The maximum Gasteiger partial charge on any atom is 0.265 e. The molecule has 0 aromatic carbocycles. The topological polar surface area (TPSA) is 45.2 Å². The molecular weight excluding hydrogens is 258 g/mol. The molecule has 106 valence electrons. The monoisotopic (exact) mass is 281 g/mol. The van der Waals surface area contributed by atoms with Crippen molar-refractivity contribution < 1.29 is 4.79 Å². The number of aryl methyl sites for hydroxylation is 1. The van der Waals surface area contributed by atoms with Crippen LogP contribution in [0.2, 0.25) is 0 Å². The van der Waals surface area contributed by atoms with Gasteiger partial charge in [0.05, 0.1) is 11.2 Å². The highest BCUT2D eigenvalue weighted by atomic mass is 32.1. The molecule has 1 aliphatic rings. The van der Waals surface area contributed by atoms with E-state index in [9.17, 15) is 4.79 Å². The third kappa shape index (κ3) is 3.54. The zero-order chi connectivity index (χ0) is 13.7.